The van der Waals surface area contributed by atoms with Crippen LogP contribution in [0.25, 0.3) is 0 Å². The molecular weight excluding hydrogens is 240 g/mol. The van der Waals surface area contributed by atoms with Crippen molar-refractivity contribution in [2.75, 3.05) is 24.6 Å². The molecule has 1 atom stereocenters. The quantitative estimate of drug-likeness (QED) is 0.707. The van der Waals surface area contributed by atoms with Gasteiger partial charge in [0, 0.05) is 31.1 Å². The molecule has 1 N–H and O–H groups in total. The van der Waals surface area contributed by atoms with Gasteiger partial charge < -0.3 is 10.2 Å². The number of hydrogen-bond donors (Lipinski definition) is 1. The van der Waals surface area contributed by atoms with Crippen molar-refractivity contribution >= 4 is 15.7 Å². The van der Waals surface area contributed by atoms with Crippen LogP contribution in [-0.2, 0) is 14.6 Å². The van der Waals surface area contributed by atoms with Gasteiger partial charge in [0.25, 0.3) is 0 Å². The Morgan fingerprint density at radius 3 is 2.71 bits per heavy atom. The first-order valence-electron chi connectivity index (χ1n) is 6.04. The number of amides is 1. The molecule has 0 saturated carbocycles. The maximum atomic E-state index is 12.1. The topological polar surface area (TPSA) is 66.5 Å². The van der Waals surface area contributed by atoms with Crippen molar-refractivity contribution in [2.24, 2.45) is 0 Å². The van der Waals surface area contributed by atoms with E-state index in [4.69, 9.17) is 0 Å². The van der Waals surface area contributed by atoms with Crippen LogP contribution < -0.4 is 5.32 Å². The van der Waals surface area contributed by atoms with Crippen LogP contribution in [0.4, 0.5) is 0 Å². The monoisotopic (exact) mass is 260 g/mol. The minimum Gasteiger partial charge on any atom is -0.337 e. The SMILES string of the molecule is CC1(C)CC(=O)N(C2CCS(=O)(=O)C2)CCN1. The summed E-state index contributed by atoms with van der Waals surface area (Å²) < 4.78 is 22.9. The minimum absolute atomic E-state index is 0.0714. The third-order valence-corrected chi connectivity index (χ3v) is 5.27. The van der Waals surface area contributed by atoms with Crippen molar-refractivity contribution < 1.29 is 13.2 Å². The van der Waals surface area contributed by atoms with E-state index < -0.39 is 9.84 Å². The minimum atomic E-state index is -2.92. The lowest BCUT2D eigenvalue weighted by molar-refractivity contribution is -0.133. The van der Waals surface area contributed by atoms with Crippen molar-refractivity contribution in [1.29, 1.82) is 0 Å². The Hall–Kier alpha value is -0.620. The van der Waals surface area contributed by atoms with Crippen molar-refractivity contribution in [3.8, 4) is 0 Å². The first-order chi connectivity index (χ1) is 7.79. The molecule has 0 bridgehead atoms. The summed E-state index contributed by atoms with van der Waals surface area (Å²) >= 11 is 0. The smallest absolute Gasteiger partial charge is 0.224 e. The van der Waals surface area contributed by atoms with E-state index in [1.54, 1.807) is 4.90 Å². The van der Waals surface area contributed by atoms with Crippen molar-refractivity contribution in [1.82, 2.24) is 10.2 Å². The zero-order chi connectivity index (χ0) is 12.7. The highest BCUT2D eigenvalue weighted by Crippen LogP contribution is 2.22. The number of nitrogens with zero attached hydrogens (tertiary/aromatic N) is 1. The molecule has 98 valence electrons. The van der Waals surface area contributed by atoms with Gasteiger partial charge in [-0.25, -0.2) is 8.42 Å². The summed E-state index contributed by atoms with van der Waals surface area (Å²) in [6.45, 7) is 5.34. The summed E-state index contributed by atoms with van der Waals surface area (Å²) in [6, 6.07) is -0.108. The van der Waals surface area contributed by atoms with Crippen LogP contribution in [0, 0.1) is 0 Å². The molecule has 0 aromatic heterocycles. The number of carbonyl (C=O) groups is 1. The van der Waals surface area contributed by atoms with Crippen molar-refractivity contribution in [3.05, 3.63) is 0 Å². The molecule has 0 aliphatic carbocycles. The standard InChI is InChI=1S/C11H20N2O3S/c1-11(2)7-10(14)13(5-4-12-11)9-3-6-17(15,16)8-9/h9,12H,3-8H2,1-2H3. The highest BCUT2D eigenvalue weighted by Gasteiger charge is 2.37. The predicted octanol–water partition coefficient (Wildman–Crippen LogP) is -0.226. The van der Waals surface area contributed by atoms with Crippen LogP contribution in [0.2, 0.25) is 0 Å². The van der Waals surface area contributed by atoms with Crippen molar-refractivity contribution in [2.45, 2.75) is 38.3 Å². The van der Waals surface area contributed by atoms with Gasteiger partial charge in [-0.2, -0.15) is 0 Å². The van der Waals surface area contributed by atoms with Gasteiger partial charge in [-0.3, -0.25) is 4.79 Å². The first kappa shape index (κ1) is 12.8. The van der Waals surface area contributed by atoms with Crippen LogP contribution in [0.1, 0.15) is 26.7 Å². The van der Waals surface area contributed by atoms with E-state index >= 15 is 0 Å². The Morgan fingerprint density at radius 1 is 1.41 bits per heavy atom. The molecule has 2 rings (SSSR count). The van der Waals surface area contributed by atoms with E-state index in [0.717, 1.165) is 6.54 Å². The lowest BCUT2D eigenvalue weighted by Crippen LogP contribution is -2.42. The Labute approximate surface area is 102 Å². The molecule has 1 amide bonds. The number of nitrogens with one attached hydrogen (secondary N) is 1. The Bertz CT molecular complexity index is 416. The molecule has 2 heterocycles. The molecule has 0 aromatic rings. The average molecular weight is 260 g/mol. The molecule has 17 heavy (non-hydrogen) atoms. The summed E-state index contributed by atoms with van der Waals surface area (Å²) in [5.74, 6) is 0.430. The van der Waals surface area contributed by atoms with Gasteiger partial charge in [0.1, 0.15) is 0 Å². The lowest BCUT2D eigenvalue weighted by Gasteiger charge is -2.27. The number of hydrogen-bond acceptors (Lipinski definition) is 4. The third kappa shape index (κ3) is 2.98. The van der Waals surface area contributed by atoms with Crippen LogP contribution in [0.15, 0.2) is 0 Å². The van der Waals surface area contributed by atoms with Gasteiger partial charge in [-0.05, 0) is 20.3 Å². The molecule has 5 nitrogen and oxygen atoms in total. The van der Waals surface area contributed by atoms with Gasteiger partial charge >= 0.3 is 0 Å². The molecule has 2 saturated heterocycles. The number of carbonyl (C=O) groups excluding carboxylic acids is 1. The fraction of sp³-hybridized carbons (Fsp3) is 0.909. The Balaban J connectivity index is 2.09. The predicted molar refractivity (Wildman–Crippen MR) is 65.5 cm³/mol. The second-order valence-corrected chi connectivity index (χ2v) is 7.86. The maximum Gasteiger partial charge on any atom is 0.224 e. The van der Waals surface area contributed by atoms with Gasteiger partial charge in [0.05, 0.1) is 11.5 Å². The molecule has 0 spiro atoms. The fourth-order valence-electron chi connectivity index (χ4n) is 2.59. The second-order valence-electron chi connectivity index (χ2n) is 5.63. The second kappa shape index (κ2) is 4.24. The van der Waals surface area contributed by atoms with Gasteiger partial charge in [-0.15, -0.1) is 0 Å². The van der Waals surface area contributed by atoms with E-state index in [2.05, 4.69) is 5.32 Å². The summed E-state index contributed by atoms with van der Waals surface area (Å²) in [5, 5.41) is 3.31. The summed E-state index contributed by atoms with van der Waals surface area (Å²) in [7, 11) is -2.92. The molecule has 2 fully saturated rings. The Kier molecular flexibility index (Phi) is 3.20. The van der Waals surface area contributed by atoms with Crippen LogP contribution in [0.3, 0.4) is 0 Å². The largest absolute Gasteiger partial charge is 0.337 e. The van der Waals surface area contributed by atoms with E-state index in [-0.39, 0.29) is 29.0 Å². The molecule has 0 aromatic carbocycles. The molecule has 0 radical (unpaired) electrons. The van der Waals surface area contributed by atoms with E-state index in [0.29, 0.717) is 19.4 Å². The van der Waals surface area contributed by atoms with Gasteiger partial charge in [-0.1, -0.05) is 0 Å². The first-order valence-corrected chi connectivity index (χ1v) is 7.86. The summed E-state index contributed by atoms with van der Waals surface area (Å²) in [4.78, 5) is 13.9. The zero-order valence-electron chi connectivity index (χ0n) is 10.4. The van der Waals surface area contributed by atoms with Gasteiger partial charge in [0.15, 0.2) is 9.84 Å². The van der Waals surface area contributed by atoms with E-state index in [1.165, 1.54) is 0 Å². The molecule has 2 aliphatic rings. The zero-order valence-corrected chi connectivity index (χ0v) is 11.2. The molecule has 1 unspecified atom stereocenters. The fourth-order valence-corrected chi connectivity index (χ4v) is 4.32. The molecular formula is C11H20N2O3S. The van der Waals surface area contributed by atoms with Crippen molar-refractivity contribution in [3.63, 3.8) is 0 Å². The molecule has 6 heteroatoms. The Morgan fingerprint density at radius 2 is 2.12 bits per heavy atom. The van der Waals surface area contributed by atoms with E-state index in [1.807, 2.05) is 13.8 Å². The van der Waals surface area contributed by atoms with Crippen LogP contribution in [-0.4, -0.2) is 55.4 Å². The number of rotatable bonds is 1. The normalized spacial score (nSPS) is 32.5. The lowest BCUT2D eigenvalue weighted by atomic mass is 10.0. The van der Waals surface area contributed by atoms with E-state index in [9.17, 15) is 13.2 Å². The highest BCUT2D eigenvalue weighted by molar-refractivity contribution is 7.91. The van der Waals surface area contributed by atoms with Crippen LogP contribution in [0.5, 0.6) is 0 Å². The summed E-state index contributed by atoms with van der Waals surface area (Å²) in [5.41, 5.74) is -0.191. The maximum absolute atomic E-state index is 12.1. The van der Waals surface area contributed by atoms with Crippen LogP contribution >= 0.6 is 0 Å². The third-order valence-electron chi connectivity index (χ3n) is 3.52. The number of sulfone groups is 1. The summed E-state index contributed by atoms with van der Waals surface area (Å²) in [6.07, 6.45) is 1.03. The average Bonchev–Trinajstić information content (AvgIpc) is 2.45. The van der Waals surface area contributed by atoms with Gasteiger partial charge in [0.2, 0.25) is 5.91 Å². The highest BCUT2D eigenvalue weighted by atomic mass is 32.2. The molecule has 2 aliphatic heterocycles.